The molecule has 1 fully saturated rings. The van der Waals surface area contributed by atoms with E-state index in [2.05, 4.69) is 5.32 Å². The highest BCUT2D eigenvalue weighted by atomic mass is 32.2. The number of hydrogen-bond donors (Lipinski definition) is 1. The van der Waals surface area contributed by atoms with E-state index in [1.165, 1.54) is 7.11 Å². The van der Waals surface area contributed by atoms with E-state index in [9.17, 15) is 13.2 Å². The number of carbonyl (C=O) groups is 1. The Morgan fingerprint density at radius 2 is 1.69 bits per heavy atom. The molecule has 2 aromatic carbocycles. The molecule has 1 amide bonds. The lowest BCUT2D eigenvalue weighted by molar-refractivity contribution is -0.120. The summed E-state index contributed by atoms with van der Waals surface area (Å²) in [6.07, 6.45) is 4.04. The summed E-state index contributed by atoms with van der Waals surface area (Å²) in [6.45, 7) is 3.47. The predicted octanol–water partition coefficient (Wildman–Crippen LogP) is 3.57. The number of carbonyl (C=O) groups excluding carboxylic acids is 1. The zero-order valence-corrected chi connectivity index (χ0v) is 18.0. The second kappa shape index (κ2) is 8.86. The van der Waals surface area contributed by atoms with Crippen LogP contribution < -0.4 is 14.4 Å². The van der Waals surface area contributed by atoms with Gasteiger partial charge in [0.05, 0.1) is 17.7 Å². The minimum Gasteiger partial charge on any atom is -0.495 e. The largest absolute Gasteiger partial charge is 0.495 e. The Morgan fingerprint density at radius 3 is 2.31 bits per heavy atom. The SMILES string of the molecule is COc1ccc(C)cc1N(CC(=O)NC1CCCC1)S(=O)(=O)c1ccc(C)cc1. The van der Waals surface area contributed by atoms with E-state index in [-0.39, 0.29) is 23.4 Å². The quantitative estimate of drug-likeness (QED) is 0.749. The average molecular weight is 417 g/mol. The molecule has 7 heteroatoms. The molecule has 0 saturated heterocycles. The van der Waals surface area contributed by atoms with Gasteiger partial charge in [-0.3, -0.25) is 9.10 Å². The molecule has 29 heavy (non-hydrogen) atoms. The third-order valence-corrected chi connectivity index (χ3v) is 6.99. The van der Waals surface area contributed by atoms with Gasteiger partial charge < -0.3 is 10.1 Å². The highest BCUT2D eigenvalue weighted by Crippen LogP contribution is 2.33. The fourth-order valence-corrected chi connectivity index (χ4v) is 5.03. The number of ether oxygens (including phenoxy) is 1. The summed E-state index contributed by atoms with van der Waals surface area (Å²) < 4.78 is 33.5. The number of nitrogens with one attached hydrogen (secondary N) is 1. The highest BCUT2D eigenvalue weighted by molar-refractivity contribution is 7.92. The van der Waals surface area contributed by atoms with Gasteiger partial charge in [0.15, 0.2) is 0 Å². The van der Waals surface area contributed by atoms with Crippen LogP contribution in [0.25, 0.3) is 0 Å². The summed E-state index contributed by atoms with van der Waals surface area (Å²) in [5.41, 5.74) is 2.19. The number of methoxy groups -OCH3 is 1. The number of amides is 1. The van der Waals surface area contributed by atoms with Crippen molar-refractivity contribution in [2.24, 2.45) is 0 Å². The molecule has 0 radical (unpaired) electrons. The monoisotopic (exact) mass is 416 g/mol. The summed E-state index contributed by atoms with van der Waals surface area (Å²) in [6, 6.07) is 12.0. The van der Waals surface area contributed by atoms with Crippen molar-refractivity contribution in [2.75, 3.05) is 18.0 Å². The van der Waals surface area contributed by atoms with Gasteiger partial charge in [-0.05, 0) is 56.5 Å². The van der Waals surface area contributed by atoms with Crippen LogP contribution in [0.2, 0.25) is 0 Å². The highest BCUT2D eigenvalue weighted by Gasteiger charge is 2.30. The first-order chi connectivity index (χ1) is 13.8. The van der Waals surface area contributed by atoms with Crippen LogP contribution in [-0.4, -0.2) is 34.0 Å². The molecule has 6 nitrogen and oxygen atoms in total. The third-order valence-electron chi connectivity index (χ3n) is 5.22. The molecule has 0 unspecified atom stereocenters. The van der Waals surface area contributed by atoms with Crippen molar-refractivity contribution in [1.82, 2.24) is 5.32 Å². The number of nitrogens with zero attached hydrogens (tertiary/aromatic N) is 1. The van der Waals surface area contributed by atoms with Crippen LogP contribution in [0.5, 0.6) is 5.75 Å². The molecule has 1 saturated carbocycles. The fraction of sp³-hybridized carbons (Fsp3) is 0.409. The van der Waals surface area contributed by atoms with Crippen LogP contribution in [0.4, 0.5) is 5.69 Å². The van der Waals surface area contributed by atoms with E-state index in [0.29, 0.717) is 11.4 Å². The minimum atomic E-state index is -3.96. The Bertz CT molecular complexity index is 965. The van der Waals surface area contributed by atoms with E-state index in [1.54, 1.807) is 36.4 Å². The molecule has 2 aromatic rings. The number of benzene rings is 2. The Morgan fingerprint density at radius 1 is 1.07 bits per heavy atom. The van der Waals surface area contributed by atoms with Gasteiger partial charge in [-0.15, -0.1) is 0 Å². The predicted molar refractivity (Wildman–Crippen MR) is 114 cm³/mol. The van der Waals surface area contributed by atoms with Gasteiger partial charge in [-0.25, -0.2) is 8.42 Å². The number of rotatable bonds is 7. The molecule has 0 spiro atoms. The summed E-state index contributed by atoms with van der Waals surface area (Å²) in [4.78, 5) is 12.9. The van der Waals surface area contributed by atoms with Crippen molar-refractivity contribution in [3.8, 4) is 5.75 Å². The van der Waals surface area contributed by atoms with Gasteiger partial charge in [0.1, 0.15) is 12.3 Å². The maximum absolute atomic E-state index is 13.5. The van der Waals surface area contributed by atoms with Crippen molar-refractivity contribution in [2.45, 2.75) is 50.5 Å². The fourth-order valence-electron chi connectivity index (χ4n) is 3.61. The Kier molecular flexibility index (Phi) is 6.47. The molecule has 1 aliphatic rings. The molecule has 3 rings (SSSR count). The van der Waals surface area contributed by atoms with Crippen molar-refractivity contribution >= 4 is 21.6 Å². The molecule has 1 aliphatic carbocycles. The van der Waals surface area contributed by atoms with E-state index < -0.39 is 10.0 Å². The molecular formula is C22H28N2O4S. The number of aryl methyl sites for hydroxylation is 2. The molecule has 0 aliphatic heterocycles. The molecule has 0 bridgehead atoms. The van der Waals surface area contributed by atoms with Crippen molar-refractivity contribution in [3.63, 3.8) is 0 Å². The van der Waals surface area contributed by atoms with Crippen LogP contribution in [-0.2, 0) is 14.8 Å². The van der Waals surface area contributed by atoms with E-state index >= 15 is 0 Å². The number of sulfonamides is 1. The summed E-state index contributed by atoms with van der Waals surface area (Å²) >= 11 is 0. The van der Waals surface area contributed by atoms with Gasteiger partial charge in [-0.1, -0.05) is 36.6 Å². The molecule has 1 N–H and O–H groups in total. The third kappa shape index (κ3) is 4.90. The normalized spacial score (nSPS) is 14.6. The van der Waals surface area contributed by atoms with Gasteiger partial charge in [-0.2, -0.15) is 0 Å². The van der Waals surface area contributed by atoms with Gasteiger partial charge >= 0.3 is 0 Å². The lowest BCUT2D eigenvalue weighted by Crippen LogP contribution is -2.43. The zero-order chi connectivity index (χ0) is 21.0. The van der Waals surface area contributed by atoms with Crippen LogP contribution in [0, 0.1) is 13.8 Å². The maximum Gasteiger partial charge on any atom is 0.264 e. The van der Waals surface area contributed by atoms with Gasteiger partial charge in [0.25, 0.3) is 10.0 Å². The minimum absolute atomic E-state index is 0.117. The Labute approximate surface area is 172 Å². The van der Waals surface area contributed by atoms with Crippen molar-refractivity contribution < 1.29 is 17.9 Å². The lowest BCUT2D eigenvalue weighted by Gasteiger charge is -2.26. The summed E-state index contributed by atoms with van der Waals surface area (Å²) in [5.74, 6) is 0.0936. The Hall–Kier alpha value is -2.54. The number of hydrogen-bond acceptors (Lipinski definition) is 4. The molecule has 0 heterocycles. The lowest BCUT2D eigenvalue weighted by atomic mass is 10.2. The first kappa shape index (κ1) is 21.2. The average Bonchev–Trinajstić information content (AvgIpc) is 3.19. The van der Waals surface area contributed by atoms with Crippen molar-refractivity contribution in [1.29, 1.82) is 0 Å². The van der Waals surface area contributed by atoms with Gasteiger partial charge in [0, 0.05) is 6.04 Å². The van der Waals surface area contributed by atoms with Crippen LogP contribution in [0.3, 0.4) is 0 Å². The van der Waals surface area contributed by atoms with Gasteiger partial charge in [0.2, 0.25) is 5.91 Å². The number of anilines is 1. The standard InChI is InChI=1S/C22H28N2O4S/c1-16-8-11-19(12-9-16)29(26,27)24(15-22(25)23-18-6-4-5-7-18)20-14-17(2)10-13-21(20)28-3/h8-14,18H,4-7,15H2,1-3H3,(H,23,25). The second-order valence-corrected chi connectivity index (χ2v) is 9.41. The summed E-state index contributed by atoms with van der Waals surface area (Å²) in [5, 5.41) is 2.98. The summed E-state index contributed by atoms with van der Waals surface area (Å²) in [7, 11) is -2.47. The van der Waals surface area contributed by atoms with Crippen LogP contribution >= 0.6 is 0 Å². The van der Waals surface area contributed by atoms with E-state index in [0.717, 1.165) is 41.1 Å². The molecule has 156 valence electrons. The van der Waals surface area contributed by atoms with E-state index in [4.69, 9.17) is 4.74 Å². The van der Waals surface area contributed by atoms with Crippen molar-refractivity contribution in [3.05, 3.63) is 53.6 Å². The first-order valence-corrected chi connectivity index (χ1v) is 11.3. The maximum atomic E-state index is 13.5. The second-order valence-electron chi connectivity index (χ2n) is 7.55. The zero-order valence-electron chi connectivity index (χ0n) is 17.1. The first-order valence-electron chi connectivity index (χ1n) is 9.84. The molecule has 0 atom stereocenters. The Balaban J connectivity index is 2.00. The smallest absolute Gasteiger partial charge is 0.264 e. The topological polar surface area (TPSA) is 75.7 Å². The van der Waals surface area contributed by atoms with Crippen LogP contribution in [0.1, 0.15) is 36.8 Å². The van der Waals surface area contributed by atoms with E-state index in [1.807, 2.05) is 19.9 Å². The molecular weight excluding hydrogens is 388 g/mol. The van der Waals surface area contributed by atoms with Crippen LogP contribution in [0.15, 0.2) is 47.4 Å². The molecule has 0 aromatic heterocycles.